The van der Waals surface area contributed by atoms with Crippen LogP contribution in [0.5, 0.6) is 5.88 Å². The molecule has 2 N–H and O–H groups in total. The van der Waals surface area contributed by atoms with Crippen LogP contribution in [0.15, 0.2) is 6.07 Å². The molecule has 0 amide bonds. The lowest BCUT2D eigenvalue weighted by Gasteiger charge is -1.99. The third-order valence-corrected chi connectivity index (χ3v) is 1.87. The summed E-state index contributed by atoms with van der Waals surface area (Å²) in [5.41, 5.74) is -0.0793. The van der Waals surface area contributed by atoms with E-state index in [1.165, 1.54) is 7.11 Å². The summed E-state index contributed by atoms with van der Waals surface area (Å²) in [7, 11) is 1.20. The number of carbonyl (C=O) groups excluding carboxylic acids is 1. The monoisotopic (exact) mass is 224 g/mol. The molecule has 0 bridgehead atoms. The van der Waals surface area contributed by atoms with Gasteiger partial charge in [0, 0.05) is 6.07 Å². The van der Waals surface area contributed by atoms with Gasteiger partial charge in [-0.1, -0.05) is 0 Å². The Morgan fingerprint density at radius 2 is 2.31 bits per heavy atom. The maximum Gasteiger partial charge on any atom is 0.357 e. The molecule has 0 radical (unpaired) electrons. The molecule has 0 saturated carbocycles. The number of methoxy groups -OCH3 is 1. The van der Waals surface area contributed by atoms with Crippen LogP contribution in [0.2, 0.25) is 0 Å². The minimum Gasteiger partial charge on any atom is -0.493 e. The minimum atomic E-state index is -0.689. The average molecular weight is 224 g/mol. The zero-order valence-electron chi connectivity index (χ0n) is 8.28. The topological polar surface area (TPSA) is 110 Å². The molecule has 8 heteroatoms. The van der Waals surface area contributed by atoms with Crippen molar-refractivity contribution < 1.29 is 19.7 Å². The van der Waals surface area contributed by atoms with Gasteiger partial charge in [0.15, 0.2) is 11.5 Å². The highest BCUT2D eigenvalue weighted by atomic mass is 16.5. The molecular formula is C8H8N4O4. The Morgan fingerprint density at radius 1 is 1.56 bits per heavy atom. The molecule has 0 atom stereocenters. The second-order valence-corrected chi connectivity index (χ2v) is 2.89. The second-order valence-electron chi connectivity index (χ2n) is 2.89. The SMILES string of the molecule is COC(=O)c1cc(O)n2nc(CO)nc2n1. The first kappa shape index (κ1) is 10.3. The van der Waals surface area contributed by atoms with Crippen LogP contribution in [-0.4, -0.2) is 42.9 Å². The number of hydrogen-bond acceptors (Lipinski definition) is 7. The lowest BCUT2D eigenvalue weighted by atomic mass is 10.4. The number of rotatable bonds is 2. The summed E-state index contributed by atoms with van der Waals surface area (Å²) in [4.78, 5) is 18.8. The van der Waals surface area contributed by atoms with Gasteiger partial charge in [-0.25, -0.2) is 9.78 Å². The van der Waals surface area contributed by atoms with E-state index in [0.717, 1.165) is 10.6 Å². The number of hydrogen-bond donors (Lipinski definition) is 2. The van der Waals surface area contributed by atoms with E-state index < -0.39 is 5.97 Å². The van der Waals surface area contributed by atoms with Crippen molar-refractivity contribution in [2.45, 2.75) is 6.61 Å². The zero-order valence-corrected chi connectivity index (χ0v) is 8.28. The maximum absolute atomic E-state index is 11.2. The number of aromatic hydroxyl groups is 1. The summed E-state index contributed by atoms with van der Waals surface area (Å²) in [6.45, 7) is -0.379. The third-order valence-electron chi connectivity index (χ3n) is 1.87. The molecule has 84 valence electrons. The first-order valence-corrected chi connectivity index (χ1v) is 4.30. The summed E-state index contributed by atoms with van der Waals surface area (Å²) in [6, 6.07) is 1.11. The fourth-order valence-corrected chi connectivity index (χ4v) is 1.17. The molecular weight excluding hydrogens is 216 g/mol. The lowest BCUT2D eigenvalue weighted by Crippen LogP contribution is -2.06. The van der Waals surface area contributed by atoms with Gasteiger partial charge in [-0.3, -0.25) is 0 Å². The van der Waals surface area contributed by atoms with Crippen molar-refractivity contribution in [1.82, 2.24) is 19.6 Å². The van der Waals surface area contributed by atoms with Crippen molar-refractivity contribution in [1.29, 1.82) is 0 Å². The largest absolute Gasteiger partial charge is 0.493 e. The Hall–Kier alpha value is -2.22. The van der Waals surface area contributed by atoms with Gasteiger partial charge in [0.1, 0.15) is 6.61 Å². The number of ether oxygens (including phenoxy) is 1. The van der Waals surface area contributed by atoms with Gasteiger partial charge >= 0.3 is 5.97 Å². The van der Waals surface area contributed by atoms with Gasteiger partial charge in [-0.05, 0) is 0 Å². The van der Waals surface area contributed by atoms with Crippen molar-refractivity contribution in [2.24, 2.45) is 0 Å². The molecule has 0 aliphatic carbocycles. The Labute approximate surface area is 89.1 Å². The van der Waals surface area contributed by atoms with E-state index in [4.69, 9.17) is 5.11 Å². The first-order valence-electron chi connectivity index (χ1n) is 4.30. The molecule has 0 saturated heterocycles. The van der Waals surface area contributed by atoms with Gasteiger partial charge in [-0.15, -0.1) is 5.10 Å². The van der Waals surface area contributed by atoms with E-state index in [0.29, 0.717) is 0 Å². The van der Waals surface area contributed by atoms with E-state index in [1.54, 1.807) is 0 Å². The quantitative estimate of drug-likeness (QED) is 0.636. The highest BCUT2D eigenvalue weighted by Gasteiger charge is 2.14. The van der Waals surface area contributed by atoms with Crippen LogP contribution in [0, 0.1) is 0 Å². The molecule has 8 nitrogen and oxygen atoms in total. The third kappa shape index (κ3) is 1.54. The van der Waals surface area contributed by atoms with Crippen molar-refractivity contribution >= 4 is 11.7 Å². The lowest BCUT2D eigenvalue weighted by molar-refractivity contribution is 0.0593. The highest BCUT2D eigenvalue weighted by Crippen LogP contribution is 2.12. The van der Waals surface area contributed by atoms with Crippen molar-refractivity contribution in [3.05, 3.63) is 17.6 Å². The van der Waals surface area contributed by atoms with Gasteiger partial charge in [0.2, 0.25) is 5.88 Å². The van der Waals surface area contributed by atoms with E-state index in [9.17, 15) is 9.90 Å². The number of fused-ring (bicyclic) bond motifs is 1. The molecule has 2 heterocycles. The molecule has 0 aromatic carbocycles. The number of nitrogens with zero attached hydrogens (tertiary/aromatic N) is 4. The minimum absolute atomic E-state index is 0.0180. The van der Waals surface area contributed by atoms with Crippen molar-refractivity contribution in [3.63, 3.8) is 0 Å². The van der Waals surface area contributed by atoms with E-state index >= 15 is 0 Å². The summed E-state index contributed by atoms with van der Waals surface area (Å²) < 4.78 is 5.47. The fraction of sp³-hybridized carbons (Fsp3) is 0.250. The molecule has 2 aromatic heterocycles. The standard InChI is InChI=1S/C8H8N4O4/c1-16-7(15)4-2-6(14)12-8(9-4)10-5(3-13)11-12/h2,13-14H,3H2,1H3. The molecule has 0 unspecified atom stereocenters. The van der Waals surface area contributed by atoms with Crippen LogP contribution in [0.1, 0.15) is 16.3 Å². The number of aromatic nitrogens is 4. The molecule has 0 aliphatic heterocycles. The van der Waals surface area contributed by atoms with Crippen LogP contribution in [-0.2, 0) is 11.3 Å². The zero-order chi connectivity index (χ0) is 11.7. The summed E-state index contributed by atoms with van der Waals surface area (Å²) in [5.74, 6) is -0.877. The second kappa shape index (κ2) is 3.74. The Balaban J connectivity index is 2.61. The van der Waals surface area contributed by atoms with Crippen LogP contribution in [0.25, 0.3) is 5.78 Å². The van der Waals surface area contributed by atoms with Crippen LogP contribution in [0.4, 0.5) is 0 Å². The number of aliphatic hydroxyl groups excluding tert-OH is 1. The summed E-state index contributed by atoms with van der Waals surface area (Å²) >= 11 is 0. The van der Waals surface area contributed by atoms with Gasteiger partial charge in [-0.2, -0.15) is 9.50 Å². The smallest absolute Gasteiger partial charge is 0.357 e. The molecule has 2 aromatic rings. The Morgan fingerprint density at radius 3 is 2.94 bits per heavy atom. The Bertz CT molecular complexity index is 550. The predicted molar refractivity (Wildman–Crippen MR) is 49.7 cm³/mol. The Kier molecular flexibility index (Phi) is 2.41. The summed E-state index contributed by atoms with van der Waals surface area (Å²) in [5, 5.41) is 22.1. The van der Waals surface area contributed by atoms with Crippen LogP contribution >= 0.6 is 0 Å². The normalized spacial score (nSPS) is 10.6. The van der Waals surface area contributed by atoms with Gasteiger partial charge in [0.05, 0.1) is 7.11 Å². The van der Waals surface area contributed by atoms with Crippen LogP contribution in [0.3, 0.4) is 0 Å². The summed E-state index contributed by atoms with van der Waals surface area (Å²) in [6.07, 6.45) is 0. The highest BCUT2D eigenvalue weighted by molar-refractivity contribution is 5.87. The predicted octanol–water partition coefficient (Wildman–Crippen LogP) is -0.891. The van der Waals surface area contributed by atoms with Gasteiger partial charge < -0.3 is 14.9 Å². The maximum atomic E-state index is 11.2. The fourth-order valence-electron chi connectivity index (χ4n) is 1.17. The number of aliphatic hydroxyl groups is 1. The first-order chi connectivity index (χ1) is 7.65. The number of esters is 1. The van der Waals surface area contributed by atoms with E-state index in [2.05, 4.69) is 19.8 Å². The van der Waals surface area contributed by atoms with E-state index in [1.807, 2.05) is 0 Å². The van der Waals surface area contributed by atoms with Crippen molar-refractivity contribution in [2.75, 3.05) is 7.11 Å². The molecule has 0 aliphatic rings. The molecule has 0 fully saturated rings. The van der Waals surface area contributed by atoms with Crippen molar-refractivity contribution in [3.8, 4) is 5.88 Å². The van der Waals surface area contributed by atoms with Gasteiger partial charge in [0.25, 0.3) is 5.78 Å². The van der Waals surface area contributed by atoms with Crippen LogP contribution < -0.4 is 0 Å². The molecule has 0 spiro atoms. The molecule has 2 rings (SSSR count). The average Bonchev–Trinajstić information content (AvgIpc) is 2.71. The van der Waals surface area contributed by atoms with E-state index in [-0.39, 0.29) is 29.8 Å². The number of carbonyl (C=O) groups is 1. The molecule has 16 heavy (non-hydrogen) atoms.